The van der Waals surface area contributed by atoms with Crippen molar-refractivity contribution < 1.29 is 13.5 Å². The summed E-state index contributed by atoms with van der Waals surface area (Å²) in [7, 11) is -3.83. The molecule has 0 aliphatic rings. The highest BCUT2D eigenvalue weighted by molar-refractivity contribution is 7.89. The molecule has 0 aromatic heterocycles. The molecule has 8 heteroatoms. The van der Waals surface area contributed by atoms with Crippen LogP contribution in [0.15, 0.2) is 17.0 Å². The standard InChI is InChI=1S/C8H10Cl2N2O3S/c9-6-3-5(11)4-7(10)8(6)16(14,15)12-1-2-13/h3-4,12-13H,1-2,11H2. The molecule has 90 valence electrons. The van der Waals surface area contributed by atoms with Gasteiger partial charge in [-0.25, -0.2) is 13.1 Å². The third-order valence-corrected chi connectivity index (χ3v) is 4.07. The van der Waals surface area contributed by atoms with E-state index in [1.165, 1.54) is 12.1 Å². The van der Waals surface area contributed by atoms with Gasteiger partial charge < -0.3 is 10.8 Å². The van der Waals surface area contributed by atoms with Gasteiger partial charge in [0.25, 0.3) is 0 Å². The topological polar surface area (TPSA) is 92.4 Å². The number of aliphatic hydroxyl groups is 1. The Labute approximate surface area is 103 Å². The third-order valence-electron chi connectivity index (χ3n) is 1.69. The molecule has 0 heterocycles. The van der Waals surface area contributed by atoms with E-state index in [0.717, 1.165) is 0 Å². The van der Waals surface area contributed by atoms with Crippen molar-refractivity contribution in [2.24, 2.45) is 0 Å². The second kappa shape index (κ2) is 5.20. The van der Waals surface area contributed by atoms with Crippen LogP contribution in [0.4, 0.5) is 5.69 Å². The van der Waals surface area contributed by atoms with E-state index in [1.54, 1.807) is 0 Å². The van der Waals surface area contributed by atoms with Crippen LogP contribution < -0.4 is 10.5 Å². The van der Waals surface area contributed by atoms with E-state index < -0.39 is 10.0 Å². The number of nitrogen functional groups attached to an aromatic ring is 1. The van der Waals surface area contributed by atoms with Crippen molar-refractivity contribution in [1.29, 1.82) is 0 Å². The lowest BCUT2D eigenvalue weighted by Gasteiger charge is -2.09. The van der Waals surface area contributed by atoms with Crippen LogP contribution >= 0.6 is 23.2 Å². The number of rotatable bonds is 4. The molecule has 0 bridgehead atoms. The van der Waals surface area contributed by atoms with Gasteiger partial charge in [0.15, 0.2) is 0 Å². The highest BCUT2D eigenvalue weighted by Gasteiger charge is 2.21. The zero-order valence-corrected chi connectivity index (χ0v) is 10.4. The minimum Gasteiger partial charge on any atom is -0.399 e. The Hall–Kier alpha value is -0.530. The number of halogens is 2. The number of hydrogen-bond donors (Lipinski definition) is 3. The quantitative estimate of drug-likeness (QED) is 0.715. The zero-order valence-electron chi connectivity index (χ0n) is 8.07. The van der Waals surface area contributed by atoms with Crippen molar-refractivity contribution in [3.05, 3.63) is 22.2 Å². The normalized spacial score (nSPS) is 11.7. The van der Waals surface area contributed by atoms with Crippen molar-refractivity contribution in [1.82, 2.24) is 4.72 Å². The fraction of sp³-hybridized carbons (Fsp3) is 0.250. The number of aliphatic hydroxyl groups excluding tert-OH is 1. The Balaban J connectivity index is 3.23. The number of hydrogen-bond acceptors (Lipinski definition) is 4. The van der Waals surface area contributed by atoms with Crippen LogP contribution in [0.1, 0.15) is 0 Å². The van der Waals surface area contributed by atoms with Gasteiger partial charge in [-0.15, -0.1) is 0 Å². The molecule has 0 radical (unpaired) electrons. The molecule has 0 saturated heterocycles. The molecule has 0 atom stereocenters. The van der Waals surface area contributed by atoms with Crippen LogP contribution in [0.3, 0.4) is 0 Å². The first kappa shape index (κ1) is 13.5. The van der Waals surface area contributed by atoms with Crippen LogP contribution in [0.25, 0.3) is 0 Å². The number of benzene rings is 1. The van der Waals surface area contributed by atoms with Gasteiger partial charge in [0.2, 0.25) is 10.0 Å². The van der Waals surface area contributed by atoms with E-state index in [-0.39, 0.29) is 33.8 Å². The Morgan fingerprint density at radius 1 is 1.31 bits per heavy atom. The third kappa shape index (κ3) is 2.99. The molecular weight excluding hydrogens is 275 g/mol. The van der Waals surface area contributed by atoms with Crippen LogP contribution in [0.2, 0.25) is 10.0 Å². The summed E-state index contributed by atoms with van der Waals surface area (Å²) in [6.07, 6.45) is 0. The number of nitrogens with two attached hydrogens (primary N) is 1. The Bertz CT molecular complexity index is 467. The first-order valence-electron chi connectivity index (χ1n) is 4.23. The summed E-state index contributed by atoms with van der Waals surface area (Å²) in [5.41, 5.74) is 5.72. The molecule has 1 aromatic rings. The van der Waals surface area contributed by atoms with E-state index in [1.807, 2.05) is 0 Å². The molecule has 0 saturated carbocycles. The van der Waals surface area contributed by atoms with Gasteiger partial charge in [0.05, 0.1) is 16.7 Å². The molecule has 0 amide bonds. The molecule has 1 rings (SSSR count). The average Bonchev–Trinajstić information content (AvgIpc) is 2.12. The van der Waals surface area contributed by atoms with Crippen LogP contribution in [0, 0.1) is 0 Å². The van der Waals surface area contributed by atoms with E-state index >= 15 is 0 Å². The largest absolute Gasteiger partial charge is 0.399 e. The van der Waals surface area contributed by atoms with Gasteiger partial charge in [0, 0.05) is 12.2 Å². The van der Waals surface area contributed by atoms with E-state index in [2.05, 4.69) is 4.72 Å². The second-order valence-corrected chi connectivity index (χ2v) is 5.45. The molecule has 0 spiro atoms. The number of nitrogens with one attached hydrogen (secondary N) is 1. The molecule has 0 fully saturated rings. The summed E-state index contributed by atoms with van der Waals surface area (Å²) in [6, 6.07) is 2.59. The van der Waals surface area contributed by atoms with E-state index in [0.29, 0.717) is 0 Å². The zero-order chi connectivity index (χ0) is 12.3. The van der Waals surface area contributed by atoms with Crippen LogP contribution in [0.5, 0.6) is 0 Å². The van der Waals surface area contributed by atoms with Gasteiger partial charge in [-0.3, -0.25) is 0 Å². The maximum Gasteiger partial charge on any atom is 0.243 e. The molecule has 4 N–H and O–H groups in total. The average molecular weight is 285 g/mol. The highest BCUT2D eigenvalue weighted by Crippen LogP contribution is 2.31. The molecule has 0 aliphatic carbocycles. The summed E-state index contributed by atoms with van der Waals surface area (Å²) in [4.78, 5) is -0.238. The van der Waals surface area contributed by atoms with Gasteiger partial charge in [-0.1, -0.05) is 23.2 Å². The summed E-state index contributed by atoms with van der Waals surface area (Å²) in [5, 5.41) is 8.43. The highest BCUT2D eigenvalue weighted by atomic mass is 35.5. The first-order valence-corrected chi connectivity index (χ1v) is 6.47. The van der Waals surface area contributed by atoms with Crippen LogP contribution in [-0.2, 0) is 10.0 Å². The SMILES string of the molecule is Nc1cc(Cl)c(S(=O)(=O)NCCO)c(Cl)c1. The van der Waals surface area contributed by atoms with Crippen molar-refractivity contribution in [2.45, 2.75) is 4.90 Å². The maximum absolute atomic E-state index is 11.7. The molecule has 0 unspecified atom stereocenters. The molecule has 16 heavy (non-hydrogen) atoms. The van der Waals surface area contributed by atoms with Crippen molar-refractivity contribution in [3.63, 3.8) is 0 Å². The van der Waals surface area contributed by atoms with Crippen molar-refractivity contribution in [2.75, 3.05) is 18.9 Å². The summed E-state index contributed by atoms with van der Waals surface area (Å²) >= 11 is 11.5. The first-order chi connectivity index (χ1) is 7.38. The predicted octanol–water partition coefficient (Wildman–Crippen LogP) is 0.846. The second-order valence-electron chi connectivity index (χ2n) is 2.94. The van der Waals surface area contributed by atoms with Crippen molar-refractivity contribution in [3.8, 4) is 0 Å². The lowest BCUT2D eigenvalue weighted by molar-refractivity contribution is 0.301. The van der Waals surface area contributed by atoms with E-state index in [4.69, 9.17) is 34.0 Å². The maximum atomic E-state index is 11.7. The molecule has 5 nitrogen and oxygen atoms in total. The molecule has 0 aliphatic heterocycles. The number of sulfonamides is 1. The van der Waals surface area contributed by atoms with Gasteiger partial charge in [-0.2, -0.15) is 0 Å². The summed E-state index contributed by atoms with van der Waals surface area (Å²) < 4.78 is 25.6. The monoisotopic (exact) mass is 284 g/mol. The Kier molecular flexibility index (Phi) is 4.40. The fourth-order valence-electron chi connectivity index (χ4n) is 1.09. The lowest BCUT2D eigenvalue weighted by Crippen LogP contribution is -2.27. The smallest absolute Gasteiger partial charge is 0.243 e. The summed E-state index contributed by atoms with van der Waals surface area (Å²) in [6.45, 7) is -0.428. The van der Waals surface area contributed by atoms with Crippen molar-refractivity contribution >= 4 is 38.9 Å². The fourth-order valence-corrected chi connectivity index (χ4v) is 3.34. The Morgan fingerprint density at radius 3 is 2.25 bits per heavy atom. The molecule has 1 aromatic carbocycles. The summed E-state index contributed by atoms with van der Waals surface area (Å²) in [5.74, 6) is 0. The van der Waals surface area contributed by atoms with Gasteiger partial charge in [0.1, 0.15) is 4.90 Å². The van der Waals surface area contributed by atoms with Gasteiger partial charge >= 0.3 is 0 Å². The predicted molar refractivity (Wildman–Crippen MR) is 63.1 cm³/mol. The van der Waals surface area contributed by atoms with Gasteiger partial charge in [-0.05, 0) is 12.1 Å². The van der Waals surface area contributed by atoms with Crippen LogP contribution in [-0.4, -0.2) is 26.7 Å². The number of anilines is 1. The Morgan fingerprint density at radius 2 is 1.81 bits per heavy atom. The minimum absolute atomic E-state index is 0.0598. The minimum atomic E-state index is -3.83. The molecular formula is C8H10Cl2N2O3S. The lowest BCUT2D eigenvalue weighted by atomic mass is 10.3. The van der Waals surface area contributed by atoms with E-state index in [9.17, 15) is 8.42 Å².